The smallest absolute Gasteiger partial charge is 0.192 e. The summed E-state index contributed by atoms with van der Waals surface area (Å²) in [6.07, 6.45) is 8.48. The van der Waals surface area contributed by atoms with Crippen molar-refractivity contribution in [2.24, 2.45) is 17.8 Å². The predicted molar refractivity (Wildman–Crippen MR) is 119 cm³/mol. The van der Waals surface area contributed by atoms with Crippen LogP contribution in [0.1, 0.15) is 66.2 Å². The summed E-state index contributed by atoms with van der Waals surface area (Å²) in [6.45, 7) is 0. The summed E-state index contributed by atoms with van der Waals surface area (Å²) in [6, 6.07) is 18.1. The zero-order valence-corrected chi connectivity index (χ0v) is 19.0. The van der Waals surface area contributed by atoms with Gasteiger partial charge in [0.2, 0.25) is 0 Å². The maximum Gasteiger partial charge on any atom is 0.258 e. The summed E-state index contributed by atoms with van der Waals surface area (Å²) in [5.74, 6) is 3.81. The summed E-state index contributed by atoms with van der Waals surface area (Å²) >= 11 is 5.94. The number of pyridine rings is 1. The molecule has 0 radical (unpaired) electrons. The van der Waals surface area contributed by atoms with Crippen molar-refractivity contribution in [1.29, 1.82) is 5.26 Å². The summed E-state index contributed by atoms with van der Waals surface area (Å²) < 4.78 is 2.60. The highest BCUT2D eigenvalue weighted by Crippen LogP contribution is 2.60. The van der Waals surface area contributed by atoms with Crippen molar-refractivity contribution < 1.29 is 4.57 Å². The van der Waals surface area contributed by atoms with Crippen LogP contribution in [-0.2, 0) is 5.41 Å². The highest BCUT2D eigenvalue weighted by molar-refractivity contribution is 9.09. The SMILES string of the molecule is N#Cc1ccc(C23CC4CC(CC(C4)C2)C3)[n+]2c1SCC2C(Br)c1ccccc1. The van der Waals surface area contributed by atoms with Crippen LogP contribution in [0.5, 0.6) is 0 Å². The molecule has 2 heterocycles. The Morgan fingerprint density at radius 1 is 1.00 bits per heavy atom. The average molecular weight is 466 g/mol. The maximum atomic E-state index is 9.78. The zero-order valence-electron chi connectivity index (χ0n) is 16.6. The van der Waals surface area contributed by atoms with E-state index in [0.29, 0.717) is 11.5 Å². The maximum absolute atomic E-state index is 9.78. The molecule has 0 amide bonds. The van der Waals surface area contributed by atoms with Gasteiger partial charge in [0.15, 0.2) is 11.7 Å². The Morgan fingerprint density at radius 3 is 2.28 bits per heavy atom. The van der Waals surface area contributed by atoms with Crippen LogP contribution in [0, 0.1) is 29.1 Å². The van der Waals surface area contributed by atoms with Gasteiger partial charge < -0.3 is 0 Å². The van der Waals surface area contributed by atoms with E-state index in [1.807, 2.05) is 11.8 Å². The third kappa shape index (κ3) is 2.84. The minimum absolute atomic E-state index is 0.268. The lowest BCUT2D eigenvalue weighted by atomic mass is 9.48. The van der Waals surface area contributed by atoms with Gasteiger partial charge in [-0.1, -0.05) is 46.3 Å². The molecular formula is C25H26BrN2S+. The lowest BCUT2D eigenvalue weighted by Crippen LogP contribution is -2.56. The molecule has 2 nitrogen and oxygen atoms in total. The molecule has 7 rings (SSSR count). The van der Waals surface area contributed by atoms with Crippen LogP contribution < -0.4 is 4.57 Å². The van der Waals surface area contributed by atoms with E-state index >= 15 is 0 Å². The van der Waals surface area contributed by atoms with Crippen molar-refractivity contribution in [3.8, 4) is 6.07 Å². The Labute approximate surface area is 185 Å². The van der Waals surface area contributed by atoms with Crippen LogP contribution in [0.3, 0.4) is 0 Å². The first-order chi connectivity index (χ1) is 14.2. The molecule has 2 unspecified atom stereocenters. The molecule has 1 aromatic carbocycles. The normalized spacial score (nSPS) is 35.3. The van der Waals surface area contributed by atoms with E-state index in [0.717, 1.165) is 29.1 Å². The highest BCUT2D eigenvalue weighted by Gasteiger charge is 2.57. The van der Waals surface area contributed by atoms with Gasteiger partial charge in [-0.25, -0.2) is 0 Å². The molecule has 5 aliphatic rings. The number of aromatic nitrogens is 1. The number of halogens is 1. The average Bonchev–Trinajstić information content (AvgIpc) is 3.17. The van der Waals surface area contributed by atoms with Crippen LogP contribution >= 0.6 is 27.7 Å². The Bertz CT molecular complexity index is 961. The van der Waals surface area contributed by atoms with Crippen molar-refractivity contribution in [3.63, 3.8) is 0 Å². The Morgan fingerprint density at radius 2 is 1.66 bits per heavy atom. The second-order valence-electron chi connectivity index (χ2n) is 9.81. The van der Waals surface area contributed by atoms with Gasteiger partial charge in [-0.2, -0.15) is 9.83 Å². The molecule has 4 fully saturated rings. The molecule has 148 valence electrons. The first kappa shape index (κ1) is 18.5. The Balaban J connectivity index is 1.48. The molecule has 2 atom stereocenters. The second-order valence-corrected chi connectivity index (χ2v) is 11.8. The number of nitrogens with zero attached hydrogens (tertiary/aromatic N) is 2. The number of rotatable bonds is 3. The van der Waals surface area contributed by atoms with Crippen molar-refractivity contribution in [3.05, 3.63) is 59.3 Å². The van der Waals surface area contributed by atoms with E-state index in [2.05, 4.69) is 69.0 Å². The third-order valence-corrected chi connectivity index (χ3v) is 10.3. The van der Waals surface area contributed by atoms with Gasteiger partial charge in [0.25, 0.3) is 5.03 Å². The monoisotopic (exact) mass is 465 g/mol. The van der Waals surface area contributed by atoms with Gasteiger partial charge in [0.1, 0.15) is 16.5 Å². The first-order valence-corrected chi connectivity index (χ1v) is 12.9. The van der Waals surface area contributed by atoms with E-state index in [9.17, 15) is 5.26 Å². The first-order valence-electron chi connectivity index (χ1n) is 11.0. The molecule has 1 aromatic heterocycles. The van der Waals surface area contributed by atoms with Crippen molar-refractivity contribution >= 4 is 27.7 Å². The molecule has 4 bridgehead atoms. The molecule has 0 spiro atoms. The van der Waals surface area contributed by atoms with E-state index in [-0.39, 0.29) is 4.83 Å². The van der Waals surface area contributed by atoms with E-state index in [1.54, 1.807) is 0 Å². The van der Waals surface area contributed by atoms with Crippen LogP contribution in [0.15, 0.2) is 47.5 Å². The van der Waals surface area contributed by atoms with Crippen molar-refractivity contribution in [2.45, 2.75) is 59.8 Å². The fourth-order valence-corrected chi connectivity index (χ4v) is 9.57. The number of hydrogen-bond donors (Lipinski definition) is 0. The fourth-order valence-electron chi connectivity index (χ4n) is 7.28. The molecule has 1 aliphatic heterocycles. The lowest BCUT2D eigenvalue weighted by molar-refractivity contribution is -0.758. The molecule has 4 saturated carbocycles. The quantitative estimate of drug-likeness (QED) is 0.404. The van der Waals surface area contributed by atoms with Gasteiger partial charge >= 0.3 is 0 Å². The van der Waals surface area contributed by atoms with E-state index in [1.165, 1.54) is 54.8 Å². The molecule has 4 heteroatoms. The standard InChI is InChI=1S/C25H26BrN2S/c26-23(19-4-2-1-3-5-19)21-15-29-24-20(14-27)6-7-22(28(21)24)25-11-16-8-17(12-25)10-18(9-16)13-25/h1-7,16-18,21,23H,8-13,15H2/q+1. The van der Waals surface area contributed by atoms with Gasteiger partial charge in [0.05, 0.1) is 11.2 Å². The minimum Gasteiger partial charge on any atom is -0.192 e. The molecular weight excluding hydrogens is 440 g/mol. The third-order valence-electron chi connectivity index (χ3n) is 8.00. The van der Waals surface area contributed by atoms with Crippen LogP contribution in [0.2, 0.25) is 0 Å². The molecule has 2 aromatic rings. The van der Waals surface area contributed by atoms with Crippen LogP contribution in [0.4, 0.5) is 0 Å². The number of hydrogen-bond acceptors (Lipinski definition) is 2. The second kappa shape index (κ2) is 6.86. The number of alkyl halides is 1. The highest BCUT2D eigenvalue weighted by atomic mass is 79.9. The minimum atomic E-state index is 0.268. The van der Waals surface area contributed by atoms with Gasteiger partial charge in [-0.05, 0) is 79.7 Å². The number of fused-ring (bicyclic) bond motifs is 1. The zero-order chi connectivity index (χ0) is 19.6. The van der Waals surface area contributed by atoms with Crippen LogP contribution in [-0.4, -0.2) is 5.75 Å². The van der Waals surface area contributed by atoms with Gasteiger partial charge in [0, 0.05) is 6.07 Å². The van der Waals surface area contributed by atoms with Crippen molar-refractivity contribution in [1.82, 2.24) is 0 Å². The molecule has 0 saturated heterocycles. The summed E-state index contributed by atoms with van der Waals surface area (Å²) in [7, 11) is 0. The molecule has 29 heavy (non-hydrogen) atoms. The Kier molecular flexibility index (Phi) is 4.36. The van der Waals surface area contributed by atoms with E-state index < -0.39 is 0 Å². The number of thioether (sulfide) groups is 1. The largest absolute Gasteiger partial charge is 0.258 e. The Hall–Kier alpha value is -1.31. The molecule has 0 N–H and O–H groups in total. The summed E-state index contributed by atoms with van der Waals surface area (Å²) in [5, 5.41) is 11.0. The van der Waals surface area contributed by atoms with Crippen LogP contribution in [0.25, 0.3) is 0 Å². The van der Waals surface area contributed by atoms with Gasteiger partial charge in [-0.3, -0.25) is 0 Å². The summed E-state index contributed by atoms with van der Waals surface area (Å²) in [4.78, 5) is 0.268. The topological polar surface area (TPSA) is 27.7 Å². The number of benzene rings is 1. The fraction of sp³-hybridized carbons (Fsp3) is 0.520. The predicted octanol–water partition coefficient (Wildman–Crippen LogP) is 6.10. The van der Waals surface area contributed by atoms with E-state index in [4.69, 9.17) is 0 Å². The number of nitriles is 1. The van der Waals surface area contributed by atoms with Crippen molar-refractivity contribution in [2.75, 3.05) is 5.75 Å². The molecule has 4 aliphatic carbocycles. The lowest BCUT2D eigenvalue weighted by Gasteiger charge is -2.55. The van der Waals surface area contributed by atoms with Gasteiger partial charge in [-0.15, -0.1) is 0 Å². The summed E-state index contributed by atoms with van der Waals surface area (Å²) in [5.41, 5.74) is 4.04.